The zero-order chi connectivity index (χ0) is 13.9. The van der Waals surface area contributed by atoms with Gasteiger partial charge in [-0.15, -0.1) is 0 Å². The first-order chi connectivity index (χ1) is 8.32. The van der Waals surface area contributed by atoms with E-state index in [1.807, 2.05) is 0 Å². The molecule has 0 saturated heterocycles. The summed E-state index contributed by atoms with van der Waals surface area (Å²) < 4.78 is 1.47. The maximum Gasteiger partial charge on any atom is 0.303 e. The molecule has 0 aliphatic rings. The Balaban J connectivity index is 2.61. The van der Waals surface area contributed by atoms with Crippen molar-refractivity contribution < 1.29 is 14.7 Å². The molecule has 1 heterocycles. The van der Waals surface area contributed by atoms with Gasteiger partial charge in [-0.2, -0.15) is 0 Å². The number of amides is 1. The predicted molar refractivity (Wildman–Crippen MR) is 69.2 cm³/mol. The Morgan fingerprint density at radius 3 is 2.56 bits per heavy atom. The van der Waals surface area contributed by atoms with E-state index in [2.05, 4.69) is 5.32 Å². The van der Waals surface area contributed by atoms with E-state index in [4.69, 9.17) is 28.3 Å². The van der Waals surface area contributed by atoms with E-state index in [1.54, 1.807) is 14.0 Å². The van der Waals surface area contributed by atoms with Crippen molar-refractivity contribution in [1.29, 1.82) is 0 Å². The second kappa shape index (κ2) is 6.11. The van der Waals surface area contributed by atoms with Crippen LogP contribution in [0.2, 0.25) is 10.2 Å². The maximum atomic E-state index is 11.8. The van der Waals surface area contributed by atoms with Gasteiger partial charge in [0.25, 0.3) is 5.91 Å². The lowest BCUT2D eigenvalue weighted by Gasteiger charge is -2.10. The molecular weight excluding hydrogens is 279 g/mol. The number of rotatable bonds is 5. The number of carboxylic acids is 1. The fourth-order valence-corrected chi connectivity index (χ4v) is 1.86. The highest BCUT2D eigenvalue weighted by Crippen LogP contribution is 2.24. The van der Waals surface area contributed by atoms with Gasteiger partial charge in [-0.25, -0.2) is 0 Å². The molecule has 5 nitrogen and oxygen atoms in total. The molecule has 1 atom stereocenters. The first-order valence-electron chi connectivity index (χ1n) is 5.33. The van der Waals surface area contributed by atoms with Crippen LogP contribution >= 0.6 is 23.2 Å². The number of nitrogens with zero attached hydrogens (tertiary/aromatic N) is 1. The normalized spacial score (nSPS) is 12.2. The SMILES string of the molecule is CC(CNC(=O)c1cc(Cl)c(Cl)n1C)CC(=O)O. The van der Waals surface area contributed by atoms with Crippen molar-refractivity contribution in [3.8, 4) is 0 Å². The van der Waals surface area contributed by atoms with Gasteiger partial charge in [0.1, 0.15) is 10.8 Å². The molecule has 1 aromatic heterocycles. The Morgan fingerprint density at radius 2 is 2.11 bits per heavy atom. The summed E-state index contributed by atoms with van der Waals surface area (Å²) in [7, 11) is 1.63. The van der Waals surface area contributed by atoms with E-state index in [9.17, 15) is 9.59 Å². The third kappa shape index (κ3) is 3.65. The predicted octanol–water partition coefficient (Wildman–Crippen LogP) is 2.17. The van der Waals surface area contributed by atoms with Crippen LogP contribution in [0, 0.1) is 5.92 Å². The number of carbonyl (C=O) groups is 2. The molecule has 18 heavy (non-hydrogen) atoms. The van der Waals surface area contributed by atoms with Gasteiger partial charge in [0, 0.05) is 20.0 Å². The minimum Gasteiger partial charge on any atom is -0.481 e. The summed E-state index contributed by atoms with van der Waals surface area (Å²) in [5.41, 5.74) is 0.340. The Morgan fingerprint density at radius 1 is 1.50 bits per heavy atom. The van der Waals surface area contributed by atoms with Crippen LogP contribution in [0.5, 0.6) is 0 Å². The Labute approximate surface area is 115 Å². The first-order valence-corrected chi connectivity index (χ1v) is 6.09. The lowest BCUT2D eigenvalue weighted by Crippen LogP contribution is -2.30. The zero-order valence-corrected chi connectivity index (χ0v) is 11.5. The van der Waals surface area contributed by atoms with E-state index < -0.39 is 5.97 Å². The molecule has 0 bridgehead atoms. The number of aliphatic carboxylic acids is 1. The molecule has 2 N–H and O–H groups in total. The van der Waals surface area contributed by atoms with Crippen molar-refractivity contribution in [3.05, 3.63) is 21.9 Å². The maximum absolute atomic E-state index is 11.8. The van der Waals surface area contributed by atoms with Gasteiger partial charge in [0.2, 0.25) is 0 Å². The Kier molecular flexibility index (Phi) is 5.04. The van der Waals surface area contributed by atoms with Gasteiger partial charge in [-0.05, 0) is 12.0 Å². The van der Waals surface area contributed by atoms with Gasteiger partial charge < -0.3 is 15.0 Å². The van der Waals surface area contributed by atoms with Crippen molar-refractivity contribution in [2.45, 2.75) is 13.3 Å². The van der Waals surface area contributed by atoms with Crippen LogP contribution in [0.15, 0.2) is 6.07 Å². The lowest BCUT2D eigenvalue weighted by atomic mass is 10.1. The number of aromatic nitrogens is 1. The number of hydrogen-bond donors (Lipinski definition) is 2. The lowest BCUT2D eigenvalue weighted by molar-refractivity contribution is -0.137. The molecule has 0 spiro atoms. The number of hydrogen-bond acceptors (Lipinski definition) is 2. The van der Waals surface area contributed by atoms with E-state index in [1.165, 1.54) is 10.6 Å². The summed E-state index contributed by atoms with van der Waals surface area (Å²) in [5.74, 6) is -1.36. The summed E-state index contributed by atoms with van der Waals surface area (Å²) in [6.45, 7) is 2.03. The number of carbonyl (C=O) groups excluding carboxylic acids is 1. The molecule has 0 fully saturated rings. The minimum atomic E-state index is -0.887. The van der Waals surface area contributed by atoms with Crippen molar-refractivity contribution in [3.63, 3.8) is 0 Å². The highest BCUT2D eigenvalue weighted by molar-refractivity contribution is 6.41. The van der Waals surface area contributed by atoms with Crippen molar-refractivity contribution >= 4 is 35.1 Å². The van der Waals surface area contributed by atoms with Crippen LogP contribution in [0.25, 0.3) is 0 Å². The summed E-state index contributed by atoms with van der Waals surface area (Å²) in [4.78, 5) is 22.3. The monoisotopic (exact) mass is 292 g/mol. The summed E-state index contributed by atoms with van der Waals surface area (Å²) in [5, 5.41) is 11.8. The van der Waals surface area contributed by atoms with Crippen LogP contribution in [0.4, 0.5) is 0 Å². The average molecular weight is 293 g/mol. The Hall–Kier alpha value is -1.20. The first kappa shape index (κ1) is 14.9. The minimum absolute atomic E-state index is 0.00886. The van der Waals surface area contributed by atoms with E-state index in [-0.39, 0.29) is 24.8 Å². The molecule has 1 rings (SSSR count). The summed E-state index contributed by atoms with van der Waals surface area (Å²) in [6.07, 6.45) is 0.00886. The molecule has 1 unspecified atom stereocenters. The van der Waals surface area contributed by atoms with Crippen molar-refractivity contribution in [2.75, 3.05) is 6.54 Å². The quantitative estimate of drug-likeness (QED) is 0.874. The molecule has 100 valence electrons. The van der Waals surface area contributed by atoms with Gasteiger partial charge in [-0.1, -0.05) is 30.1 Å². The standard InChI is InChI=1S/C11H14Cl2N2O3/c1-6(3-9(16)17)5-14-11(18)8-4-7(12)10(13)15(8)2/h4,6H,3,5H2,1-2H3,(H,14,18)(H,16,17). The third-order valence-electron chi connectivity index (χ3n) is 2.48. The molecule has 1 amide bonds. The number of halogens is 2. The smallest absolute Gasteiger partial charge is 0.303 e. The highest BCUT2D eigenvalue weighted by atomic mass is 35.5. The Bertz CT molecular complexity index is 471. The topological polar surface area (TPSA) is 71.3 Å². The van der Waals surface area contributed by atoms with E-state index in [0.717, 1.165) is 0 Å². The number of nitrogens with one attached hydrogen (secondary N) is 1. The van der Waals surface area contributed by atoms with Crippen molar-refractivity contribution in [2.24, 2.45) is 13.0 Å². The zero-order valence-electron chi connectivity index (χ0n) is 10.0. The van der Waals surface area contributed by atoms with Crippen LogP contribution in [0.1, 0.15) is 23.8 Å². The van der Waals surface area contributed by atoms with Crippen LogP contribution in [-0.2, 0) is 11.8 Å². The van der Waals surface area contributed by atoms with Gasteiger partial charge in [0.15, 0.2) is 0 Å². The van der Waals surface area contributed by atoms with Gasteiger partial charge in [-0.3, -0.25) is 9.59 Å². The van der Waals surface area contributed by atoms with Crippen LogP contribution < -0.4 is 5.32 Å². The second-order valence-electron chi connectivity index (χ2n) is 4.14. The third-order valence-corrected chi connectivity index (χ3v) is 3.33. The van der Waals surface area contributed by atoms with Crippen LogP contribution in [0.3, 0.4) is 0 Å². The fourth-order valence-electron chi connectivity index (χ4n) is 1.49. The molecule has 0 radical (unpaired) electrons. The molecule has 0 saturated carbocycles. The molecule has 0 aromatic carbocycles. The van der Waals surface area contributed by atoms with E-state index >= 15 is 0 Å². The molecule has 0 aliphatic carbocycles. The average Bonchev–Trinajstić information content (AvgIpc) is 2.53. The molecule has 7 heteroatoms. The van der Waals surface area contributed by atoms with Crippen LogP contribution in [-0.4, -0.2) is 28.1 Å². The van der Waals surface area contributed by atoms with Gasteiger partial charge >= 0.3 is 5.97 Å². The van der Waals surface area contributed by atoms with Crippen molar-refractivity contribution in [1.82, 2.24) is 9.88 Å². The largest absolute Gasteiger partial charge is 0.481 e. The van der Waals surface area contributed by atoms with Gasteiger partial charge in [0.05, 0.1) is 5.02 Å². The highest BCUT2D eigenvalue weighted by Gasteiger charge is 2.16. The molecule has 0 aliphatic heterocycles. The summed E-state index contributed by atoms with van der Waals surface area (Å²) in [6, 6.07) is 1.47. The fraction of sp³-hybridized carbons (Fsp3) is 0.455. The molecule has 1 aromatic rings. The molecular formula is C11H14Cl2N2O3. The summed E-state index contributed by atoms with van der Waals surface area (Å²) >= 11 is 11.6. The number of carboxylic acid groups (broad SMARTS) is 1. The second-order valence-corrected chi connectivity index (χ2v) is 4.91. The van der Waals surface area contributed by atoms with E-state index in [0.29, 0.717) is 15.9 Å².